The van der Waals surface area contributed by atoms with Crippen molar-refractivity contribution in [3.05, 3.63) is 108 Å². The SMILES string of the molecule is CC(C)[C@H]1CCc2ccc(-c3ccccc3P(c3ccccc3)c3ccccc3)nc21.[F][Sb-]([F])([F])([F])([F])[F].[F][Sb-]([F])([F])([F])([F])[F].[Pd+2]. The summed E-state index contributed by atoms with van der Waals surface area (Å²) < 4.78 is 119. The molecule has 1 atom stereocenters. The summed E-state index contributed by atoms with van der Waals surface area (Å²) in [6.07, 6.45) is 2.39. The van der Waals surface area contributed by atoms with Crippen molar-refractivity contribution in [3.63, 3.8) is 0 Å². The smallest absolute Gasteiger partial charge is 2.00 e. The minimum absolute atomic E-state index is 0. The Morgan fingerprint density at radius 3 is 1.46 bits per heavy atom. The van der Waals surface area contributed by atoms with E-state index < -0.39 is 46.9 Å². The number of nitrogens with zero attached hydrogens (tertiary/aromatic N) is 1. The minimum Gasteiger partial charge on any atom is 2.00 e. The number of pyridine rings is 1. The van der Waals surface area contributed by atoms with Crippen molar-refractivity contribution in [2.45, 2.75) is 32.6 Å². The summed E-state index contributed by atoms with van der Waals surface area (Å²) in [7, 11) is -0.660. The molecule has 1 aliphatic carbocycles. The third-order valence-corrected chi connectivity index (χ3v) is 8.84. The Kier molecular flexibility index (Phi) is 11.7. The molecule has 17 heteroatoms. The van der Waals surface area contributed by atoms with E-state index in [0.717, 1.165) is 12.1 Å². The number of halogens is 12. The largest absolute Gasteiger partial charge is 2.00 e. The number of aromatic nitrogens is 1. The van der Waals surface area contributed by atoms with E-state index in [1.54, 1.807) is 0 Å². The van der Waals surface area contributed by atoms with Crippen LogP contribution in [0.1, 0.15) is 37.4 Å². The van der Waals surface area contributed by atoms with Crippen molar-refractivity contribution >= 4 is 62.8 Å². The third kappa shape index (κ3) is 16.2. The van der Waals surface area contributed by atoms with Crippen molar-refractivity contribution in [2.75, 3.05) is 0 Å². The minimum atomic E-state index is -11.2. The van der Waals surface area contributed by atoms with Gasteiger partial charge in [-0.25, -0.2) is 0 Å². The van der Waals surface area contributed by atoms with E-state index in [1.807, 2.05) is 0 Å². The van der Waals surface area contributed by atoms with Crippen molar-refractivity contribution in [3.8, 4) is 11.3 Å². The number of hydrogen-bond donors (Lipinski definition) is 0. The van der Waals surface area contributed by atoms with Gasteiger partial charge in [0.05, 0.1) is 5.69 Å². The van der Waals surface area contributed by atoms with Gasteiger partial charge in [-0.3, -0.25) is 4.98 Å². The molecule has 0 bridgehead atoms. The van der Waals surface area contributed by atoms with Gasteiger partial charge in [0.15, 0.2) is 0 Å². The van der Waals surface area contributed by atoms with Crippen LogP contribution < -0.4 is 15.9 Å². The van der Waals surface area contributed by atoms with Gasteiger partial charge in [-0.1, -0.05) is 105 Å². The number of benzene rings is 3. The van der Waals surface area contributed by atoms with Crippen LogP contribution in [0, 0.1) is 5.92 Å². The Bertz CT molecular complexity index is 1530. The van der Waals surface area contributed by atoms with Gasteiger partial charge in [-0.2, -0.15) is 0 Å². The first-order chi connectivity index (χ1) is 20.1. The predicted molar refractivity (Wildman–Crippen MR) is 159 cm³/mol. The van der Waals surface area contributed by atoms with E-state index in [-0.39, 0.29) is 20.4 Å². The molecule has 1 heterocycles. The Hall–Kier alpha value is -1.30. The molecule has 1 nitrogen and oxygen atoms in total. The van der Waals surface area contributed by atoms with E-state index in [4.69, 9.17) is 4.98 Å². The number of fused-ring (bicyclic) bond motifs is 1. The van der Waals surface area contributed by atoms with Gasteiger partial charge in [0.2, 0.25) is 0 Å². The van der Waals surface area contributed by atoms with E-state index >= 15 is 0 Å². The maximum atomic E-state index is 9.93. The Morgan fingerprint density at radius 1 is 0.609 bits per heavy atom. The van der Waals surface area contributed by atoms with Gasteiger partial charge in [0.1, 0.15) is 0 Å². The first-order valence-corrected chi connectivity index (χ1v) is 26.2. The first kappa shape index (κ1) is 40.9. The van der Waals surface area contributed by atoms with Gasteiger partial charge < -0.3 is 0 Å². The molecule has 0 fully saturated rings. The van der Waals surface area contributed by atoms with Crippen molar-refractivity contribution in [1.82, 2.24) is 4.98 Å². The average molecular weight is 999 g/mol. The molecule has 1 aromatic heterocycles. The van der Waals surface area contributed by atoms with Crippen LogP contribution in [0.5, 0.6) is 0 Å². The monoisotopic (exact) mass is 997 g/mol. The molecule has 0 amide bonds. The van der Waals surface area contributed by atoms with E-state index in [1.165, 1.54) is 39.2 Å². The molecule has 0 aliphatic heterocycles. The molecule has 46 heavy (non-hydrogen) atoms. The van der Waals surface area contributed by atoms with Crippen molar-refractivity contribution in [1.29, 1.82) is 0 Å². The summed E-state index contributed by atoms with van der Waals surface area (Å²) in [6.45, 7) is 4.65. The maximum Gasteiger partial charge on any atom is 2.00 e. The zero-order chi connectivity index (χ0) is 34.0. The number of hydrogen-bond acceptors (Lipinski definition) is 1. The fraction of sp³-hybridized carbons (Fsp3) is 0.207. The van der Waals surface area contributed by atoms with Crippen LogP contribution in [0.4, 0.5) is 33.8 Å². The second-order valence-electron chi connectivity index (χ2n) is 10.6. The number of aryl methyl sites for hydroxylation is 1. The molecule has 1 aliphatic rings. The van der Waals surface area contributed by atoms with Gasteiger partial charge >= 0.3 is 93.1 Å². The van der Waals surface area contributed by atoms with Crippen LogP contribution in [0.3, 0.4) is 0 Å². The fourth-order valence-corrected chi connectivity index (χ4v) is 7.21. The fourth-order valence-electron chi connectivity index (χ4n) is 4.75. The molecular formula is C29H28F12NPPdSb2. The topological polar surface area (TPSA) is 12.9 Å². The summed E-state index contributed by atoms with van der Waals surface area (Å²) >= 11 is -22.5. The summed E-state index contributed by atoms with van der Waals surface area (Å²) in [5, 5.41) is 4.12. The summed E-state index contributed by atoms with van der Waals surface area (Å²) in [6, 6.07) is 35.3. The summed E-state index contributed by atoms with van der Waals surface area (Å²) in [4.78, 5) is 5.27. The molecule has 0 N–H and O–H groups in total. The molecule has 0 radical (unpaired) electrons. The summed E-state index contributed by atoms with van der Waals surface area (Å²) in [5.41, 5.74) is 5.14. The molecular weight excluding hydrogens is 971 g/mol. The third-order valence-electron chi connectivity index (χ3n) is 6.34. The van der Waals surface area contributed by atoms with Crippen molar-refractivity contribution < 1.29 is 54.2 Å². The molecule has 4 aromatic rings. The molecule has 5 rings (SSSR count). The van der Waals surface area contributed by atoms with Crippen molar-refractivity contribution in [2.24, 2.45) is 5.92 Å². The molecule has 258 valence electrons. The van der Waals surface area contributed by atoms with Gasteiger partial charge in [0, 0.05) is 17.2 Å². The maximum absolute atomic E-state index is 11.2. The second kappa shape index (κ2) is 13.2. The number of rotatable bonds is 5. The average Bonchev–Trinajstić information content (AvgIpc) is 3.31. The van der Waals surface area contributed by atoms with Crippen LogP contribution in [0.15, 0.2) is 97.1 Å². The van der Waals surface area contributed by atoms with Gasteiger partial charge in [0.25, 0.3) is 0 Å². The van der Waals surface area contributed by atoms with Crippen LogP contribution in [-0.2, 0) is 26.8 Å². The molecule has 0 saturated heterocycles. The molecule has 0 unspecified atom stereocenters. The van der Waals surface area contributed by atoms with Crippen LogP contribution in [-0.4, -0.2) is 43.9 Å². The second-order valence-corrected chi connectivity index (χ2v) is 23.7. The Labute approximate surface area is 278 Å². The van der Waals surface area contributed by atoms with Gasteiger partial charge in [-0.15, -0.1) is 0 Å². The molecule has 0 spiro atoms. The van der Waals surface area contributed by atoms with E-state index in [9.17, 15) is 33.8 Å². The van der Waals surface area contributed by atoms with Gasteiger partial charge in [-0.05, 0) is 54.2 Å². The standard InChI is InChI=1S/C29H28NP.12FH.Pd.2Sb/c1-21(2)25-19-17-22-18-20-27(30-29(22)25)26-15-9-10-16-28(26)31(23-11-5-3-6-12-23)24-13-7-4-8-14-24;;;;;;;;;;;;;;;/h3-16,18,20-21,25H,17,19H2,1-2H3;12*1H;;;/q;;;;;;;;;;;;;+2;2*+5/p-12/t25-;;;;;;;;;;;;;;;/m1.............../s1. The Balaban J connectivity index is 0.000000414. The molecule has 3 aromatic carbocycles. The van der Waals surface area contributed by atoms with Crippen LogP contribution in [0.2, 0.25) is 0 Å². The quantitative estimate of drug-likeness (QED) is 0.110. The summed E-state index contributed by atoms with van der Waals surface area (Å²) in [5.74, 6) is 1.21. The zero-order valence-corrected chi connectivity index (χ0v) is 31.5. The zero-order valence-electron chi connectivity index (χ0n) is 23.9. The van der Waals surface area contributed by atoms with E-state index in [2.05, 4.69) is 111 Å². The predicted octanol–water partition coefficient (Wildman–Crippen LogP) is 10.5. The Morgan fingerprint density at radius 2 is 1.02 bits per heavy atom. The normalized spacial score (nSPS) is 17.4. The molecule has 0 saturated carbocycles. The van der Waals surface area contributed by atoms with Crippen LogP contribution >= 0.6 is 7.92 Å². The first-order valence-electron chi connectivity index (χ1n) is 13.2. The van der Waals surface area contributed by atoms with E-state index in [0.29, 0.717) is 11.8 Å². The van der Waals surface area contributed by atoms with Crippen LogP contribution in [0.25, 0.3) is 11.3 Å².